The van der Waals surface area contributed by atoms with Crippen LogP contribution >= 0.6 is 15.9 Å². The van der Waals surface area contributed by atoms with Gasteiger partial charge in [0.05, 0.1) is 17.5 Å². The molecule has 1 aliphatic carbocycles. The number of aliphatic carboxylic acids is 1. The van der Waals surface area contributed by atoms with Crippen LogP contribution in [0.25, 0.3) is 0 Å². The number of carboxylic acids is 1. The number of aryl methyl sites for hydroxylation is 1. The van der Waals surface area contributed by atoms with Crippen LogP contribution in [0.2, 0.25) is 0 Å². The molecule has 1 saturated carbocycles. The van der Waals surface area contributed by atoms with Crippen molar-refractivity contribution >= 4 is 33.6 Å². The molecule has 0 saturated heterocycles. The lowest BCUT2D eigenvalue weighted by Crippen LogP contribution is -2.17. The molecule has 2 rings (SSSR count). The van der Waals surface area contributed by atoms with E-state index >= 15 is 0 Å². The van der Waals surface area contributed by atoms with Crippen molar-refractivity contribution in [2.45, 2.75) is 13.3 Å². The molecule has 2 atom stereocenters. The maximum Gasteiger partial charge on any atom is 0.307 e. The first-order valence-electron chi connectivity index (χ1n) is 5.16. The van der Waals surface area contributed by atoms with Crippen LogP contribution in [0.3, 0.4) is 0 Å². The zero-order chi connectivity index (χ0) is 12.6. The van der Waals surface area contributed by atoms with E-state index in [0.29, 0.717) is 12.2 Å². The first-order valence-corrected chi connectivity index (χ1v) is 5.95. The SMILES string of the molecule is Cc1nc(NC(=O)C2CC2C(=O)O)ccc1Br. The Balaban J connectivity index is 2.00. The quantitative estimate of drug-likeness (QED) is 0.892. The Kier molecular flexibility index (Phi) is 3.15. The van der Waals surface area contributed by atoms with Crippen LogP contribution in [-0.2, 0) is 9.59 Å². The van der Waals surface area contributed by atoms with E-state index in [0.717, 1.165) is 10.2 Å². The zero-order valence-electron chi connectivity index (χ0n) is 9.11. The average Bonchev–Trinajstić information content (AvgIpc) is 3.03. The molecule has 1 aromatic heterocycles. The molecule has 2 unspecified atom stereocenters. The van der Waals surface area contributed by atoms with Crippen molar-refractivity contribution in [3.05, 3.63) is 22.3 Å². The molecule has 1 aromatic rings. The van der Waals surface area contributed by atoms with Gasteiger partial charge in [-0.25, -0.2) is 4.98 Å². The van der Waals surface area contributed by atoms with E-state index < -0.39 is 17.8 Å². The first kappa shape index (κ1) is 12.0. The van der Waals surface area contributed by atoms with Crippen LogP contribution < -0.4 is 5.32 Å². The third kappa shape index (κ3) is 2.63. The van der Waals surface area contributed by atoms with Gasteiger partial charge in [-0.05, 0) is 41.4 Å². The van der Waals surface area contributed by atoms with Crippen molar-refractivity contribution in [2.24, 2.45) is 11.8 Å². The number of carbonyl (C=O) groups excluding carboxylic acids is 1. The predicted octanol–water partition coefficient (Wildman–Crippen LogP) is 1.81. The van der Waals surface area contributed by atoms with Crippen LogP contribution in [0.1, 0.15) is 12.1 Å². The number of hydrogen-bond donors (Lipinski definition) is 2. The number of halogens is 1. The highest BCUT2D eigenvalue weighted by molar-refractivity contribution is 9.10. The van der Waals surface area contributed by atoms with E-state index in [1.165, 1.54) is 0 Å². The summed E-state index contributed by atoms with van der Waals surface area (Å²) in [5.41, 5.74) is 0.772. The summed E-state index contributed by atoms with van der Waals surface area (Å²) < 4.78 is 0.866. The number of hydrogen-bond acceptors (Lipinski definition) is 3. The molecule has 0 spiro atoms. The number of aromatic nitrogens is 1. The van der Waals surface area contributed by atoms with Gasteiger partial charge in [-0.3, -0.25) is 9.59 Å². The van der Waals surface area contributed by atoms with Gasteiger partial charge in [-0.15, -0.1) is 0 Å². The topological polar surface area (TPSA) is 79.3 Å². The molecular weight excluding hydrogens is 288 g/mol. The highest BCUT2D eigenvalue weighted by atomic mass is 79.9. The molecule has 90 valence electrons. The van der Waals surface area contributed by atoms with Crippen LogP contribution in [-0.4, -0.2) is 22.0 Å². The lowest BCUT2D eigenvalue weighted by Gasteiger charge is -2.05. The molecule has 5 nitrogen and oxygen atoms in total. The highest BCUT2D eigenvalue weighted by Gasteiger charge is 2.48. The second-order valence-electron chi connectivity index (χ2n) is 4.04. The molecule has 0 aromatic carbocycles. The van der Waals surface area contributed by atoms with Gasteiger partial charge in [0.2, 0.25) is 5.91 Å². The van der Waals surface area contributed by atoms with Gasteiger partial charge in [0, 0.05) is 4.47 Å². The Bertz CT molecular complexity index is 490. The van der Waals surface area contributed by atoms with Crippen molar-refractivity contribution < 1.29 is 14.7 Å². The van der Waals surface area contributed by atoms with Crippen molar-refractivity contribution in [1.82, 2.24) is 4.98 Å². The summed E-state index contributed by atoms with van der Waals surface area (Å²) in [5, 5.41) is 11.3. The summed E-state index contributed by atoms with van der Waals surface area (Å²) in [7, 11) is 0. The molecule has 6 heteroatoms. The Hall–Kier alpha value is -1.43. The maximum atomic E-state index is 11.7. The van der Waals surface area contributed by atoms with Gasteiger partial charge in [-0.1, -0.05) is 0 Å². The predicted molar refractivity (Wildman–Crippen MR) is 64.5 cm³/mol. The number of anilines is 1. The summed E-state index contributed by atoms with van der Waals surface area (Å²) in [5.74, 6) is -1.69. The van der Waals surface area contributed by atoms with Crippen molar-refractivity contribution in [2.75, 3.05) is 5.32 Å². The average molecular weight is 299 g/mol. The minimum absolute atomic E-state index is 0.272. The lowest BCUT2D eigenvalue weighted by molar-refractivity contribution is -0.139. The third-order valence-corrected chi connectivity index (χ3v) is 3.56. The number of nitrogens with zero attached hydrogens (tertiary/aromatic N) is 1. The third-order valence-electron chi connectivity index (χ3n) is 2.72. The van der Waals surface area contributed by atoms with E-state index in [1.807, 2.05) is 6.92 Å². The van der Waals surface area contributed by atoms with Crippen LogP contribution in [0, 0.1) is 18.8 Å². The lowest BCUT2D eigenvalue weighted by atomic mass is 10.3. The highest BCUT2D eigenvalue weighted by Crippen LogP contribution is 2.39. The van der Waals surface area contributed by atoms with Gasteiger partial charge >= 0.3 is 5.97 Å². The van der Waals surface area contributed by atoms with E-state index in [2.05, 4.69) is 26.2 Å². The number of nitrogens with one attached hydrogen (secondary N) is 1. The summed E-state index contributed by atoms with van der Waals surface area (Å²) in [4.78, 5) is 26.5. The minimum atomic E-state index is -0.912. The van der Waals surface area contributed by atoms with E-state index in [1.54, 1.807) is 12.1 Å². The number of amides is 1. The normalized spacial score (nSPS) is 22.0. The Morgan fingerprint density at radius 3 is 2.71 bits per heavy atom. The number of carbonyl (C=O) groups is 2. The first-order chi connectivity index (χ1) is 7.99. The van der Waals surface area contributed by atoms with E-state index in [4.69, 9.17) is 5.11 Å². The van der Waals surface area contributed by atoms with Crippen LogP contribution in [0.4, 0.5) is 5.82 Å². The van der Waals surface area contributed by atoms with Gasteiger partial charge in [0.15, 0.2) is 0 Å². The molecule has 0 radical (unpaired) electrons. The molecule has 1 amide bonds. The van der Waals surface area contributed by atoms with E-state index in [9.17, 15) is 9.59 Å². The number of carboxylic acid groups (broad SMARTS) is 1. The summed E-state index contributed by atoms with van der Waals surface area (Å²) in [6, 6.07) is 3.46. The van der Waals surface area contributed by atoms with E-state index in [-0.39, 0.29) is 5.91 Å². The van der Waals surface area contributed by atoms with Crippen molar-refractivity contribution in [1.29, 1.82) is 0 Å². The fraction of sp³-hybridized carbons (Fsp3) is 0.364. The molecule has 17 heavy (non-hydrogen) atoms. The number of pyridine rings is 1. The molecule has 0 bridgehead atoms. The standard InChI is InChI=1S/C11H11BrN2O3/c1-5-8(12)2-3-9(13-5)14-10(15)6-4-7(6)11(16)17/h2-3,6-7H,4H2,1H3,(H,16,17)(H,13,14,15). The molecule has 1 heterocycles. The largest absolute Gasteiger partial charge is 0.481 e. The summed E-state index contributed by atoms with van der Waals surface area (Å²) in [6.07, 6.45) is 0.413. The molecular formula is C11H11BrN2O3. The smallest absolute Gasteiger partial charge is 0.307 e. The Morgan fingerprint density at radius 1 is 1.47 bits per heavy atom. The maximum absolute atomic E-state index is 11.7. The Morgan fingerprint density at radius 2 is 2.18 bits per heavy atom. The Labute approximate surface area is 106 Å². The molecule has 2 N–H and O–H groups in total. The van der Waals surface area contributed by atoms with Crippen molar-refractivity contribution in [3.8, 4) is 0 Å². The van der Waals surface area contributed by atoms with Gasteiger partial charge in [-0.2, -0.15) is 0 Å². The molecule has 1 aliphatic rings. The minimum Gasteiger partial charge on any atom is -0.481 e. The second-order valence-corrected chi connectivity index (χ2v) is 4.89. The van der Waals surface area contributed by atoms with Crippen molar-refractivity contribution in [3.63, 3.8) is 0 Å². The van der Waals surface area contributed by atoms with Crippen LogP contribution in [0.5, 0.6) is 0 Å². The fourth-order valence-electron chi connectivity index (χ4n) is 1.59. The van der Waals surface area contributed by atoms with Gasteiger partial charge in [0.25, 0.3) is 0 Å². The summed E-state index contributed by atoms with van der Waals surface area (Å²) in [6.45, 7) is 1.82. The van der Waals surface area contributed by atoms with Crippen LogP contribution in [0.15, 0.2) is 16.6 Å². The molecule has 0 aliphatic heterocycles. The zero-order valence-corrected chi connectivity index (χ0v) is 10.7. The monoisotopic (exact) mass is 298 g/mol. The number of rotatable bonds is 3. The molecule has 1 fully saturated rings. The fourth-order valence-corrected chi connectivity index (χ4v) is 1.81. The second kappa shape index (κ2) is 4.44. The summed E-state index contributed by atoms with van der Waals surface area (Å²) >= 11 is 3.31. The van der Waals surface area contributed by atoms with Gasteiger partial charge < -0.3 is 10.4 Å². The van der Waals surface area contributed by atoms with Gasteiger partial charge in [0.1, 0.15) is 5.82 Å².